The molecule has 9 heteroatoms. The van der Waals surface area contributed by atoms with Gasteiger partial charge in [0.15, 0.2) is 6.61 Å². The van der Waals surface area contributed by atoms with Crippen LogP contribution in [0.1, 0.15) is 18.1 Å². The number of aromatic nitrogens is 3. The molecule has 0 fully saturated rings. The number of hydrogen-bond donors (Lipinski definition) is 0. The lowest BCUT2D eigenvalue weighted by atomic mass is 10.1. The van der Waals surface area contributed by atoms with Crippen LogP contribution in [-0.2, 0) is 16.1 Å². The summed E-state index contributed by atoms with van der Waals surface area (Å²) < 4.78 is 29.1. The third-order valence-corrected chi connectivity index (χ3v) is 5.35. The second-order valence-electron chi connectivity index (χ2n) is 6.54. The van der Waals surface area contributed by atoms with Gasteiger partial charge in [-0.1, -0.05) is 35.5 Å². The number of carbonyl (C=O) groups excluding carboxylic acids is 1. The van der Waals surface area contributed by atoms with E-state index < -0.39 is 0 Å². The molecule has 0 radical (unpaired) electrons. The Morgan fingerprint density at radius 1 is 1.10 bits per heavy atom. The summed E-state index contributed by atoms with van der Waals surface area (Å²) in [5.74, 6) is 0.800. The van der Waals surface area contributed by atoms with Crippen molar-refractivity contribution in [1.29, 1.82) is 0 Å². The van der Waals surface area contributed by atoms with Crippen molar-refractivity contribution in [3.05, 3.63) is 72.1 Å². The van der Waals surface area contributed by atoms with Crippen LogP contribution in [0.2, 0.25) is 0 Å². The first-order valence-corrected chi connectivity index (χ1v) is 10.5. The third-order valence-electron chi connectivity index (χ3n) is 4.34. The zero-order chi connectivity index (χ0) is 21.6. The summed E-state index contributed by atoms with van der Waals surface area (Å²) in [7, 11) is 0. The first kappa shape index (κ1) is 20.8. The molecule has 0 bridgehead atoms. The Hall–Kier alpha value is -3.46. The van der Waals surface area contributed by atoms with Gasteiger partial charge in [-0.2, -0.15) is 0 Å². The maximum Gasteiger partial charge on any atom is 0.307 e. The average Bonchev–Trinajstić information content (AvgIpc) is 3.40. The zero-order valence-electron chi connectivity index (χ0n) is 16.6. The van der Waals surface area contributed by atoms with Crippen molar-refractivity contribution in [3.8, 4) is 22.7 Å². The second-order valence-corrected chi connectivity index (χ2v) is 7.71. The van der Waals surface area contributed by atoms with E-state index in [1.54, 1.807) is 19.1 Å². The van der Waals surface area contributed by atoms with Gasteiger partial charge in [-0.25, -0.2) is 4.39 Å². The lowest BCUT2D eigenvalue weighted by Crippen LogP contribution is -2.05. The summed E-state index contributed by atoms with van der Waals surface area (Å²) in [5, 5.41) is 12.1. The Labute approximate surface area is 181 Å². The van der Waals surface area contributed by atoms with Crippen molar-refractivity contribution in [2.75, 3.05) is 5.75 Å². The maximum absolute atomic E-state index is 12.9. The molecule has 0 aliphatic carbocycles. The Morgan fingerprint density at radius 2 is 1.87 bits per heavy atom. The molecule has 7 nitrogen and oxygen atoms in total. The van der Waals surface area contributed by atoms with Crippen LogP contribution in [0.25, 0.3) is 22.7 Å². The molecular formula is C22H18FN3O4S. The van der Waals surface area contributed by atoms with E-state index in [9.17, 15) is 9.18 Å². The van der Waals surface area contributed by atoms with E-state index in [0.717, 1.165) is 10.5 Å². The molecule has 2 aromatic heterocycles. The molecule has 0 spiro atoms. The molecule has 0 atom stereocenters. The molecule has 4 rings (SSSR count). The van der Waals surface area contributed by atoms with Crippen LogP contribution in [0.5, 0.6) is 0 Å². The molecule has 0 unspecified atom stereocenters. The van der Waals surface area contributed by atoms with E-state index >= 15 is 0 Å². The first-order valence-electron chi connectivity index (χ1n) is 9.48. The third kappa shape index (κ3) is 5.18. The molecule has 0 aliphatic rings. The Balaban J connectivity index is 1.33. The fraction of sp³-hybridized carbons (Fsp3) is 0.182. The first-order chi connectivity index (χ1) is 15.1. The number of halogens is 1. The molecule has 158 valence electrons. The van der Waals surface area contributed by atoms with Crippen LogP contribution in [-0.4, -0.2) is 27.1 Å². The summed E-state index contributed by atoms with van der Waals surface area (Å²) in [6.07, 6.45) is 0.200. The van der Waals surface area contributed by atoms with Gasteiger partial charge in [0.1, 0.15) is 22.8 Å². The molecule has 2 aromatic carbocycles. The van der Waals surface area contributed by atoms with E-state index in [1.165, 1.54) is 23.9 Å². The van der Waals surface area contributed by atoms with Crippen LogP contribution >= 0.6 is 11.8 Å². The largest absolute Gasteiger partial charge is 0.456 e. The van der Waals surface area contributed by atoms with Gasteiger partial charge in [0.2, 0.25) is 0 Å². The maximum atomic E-state index is 12.9. The molecular weight excluding hydrogens is 421 g/mol. The summed E-state index contributed by atoms with van der Waals surface area (Å²) in [6, 6.07) is 15.6. The van der Waals surface area contributed by atoms with Crippen molar-refractivity contribution in [3.63, 3.8) is 0 Å². The number of ether oxygens (including phenoxy) is 1. The van der Waals surface area contributed by atoms with Crippen LogP contribution in [0.3, 0.4) is 0 Å². The van der Waals surface area contributed by atoms with E-state index in [-0.39, 0.29) is 36.6 Å². The number of aryl methyl sites for hydroxylation is 1. The predicted octanol–water partition coefficient (Wildman–Crippen LogP) is 5.06. The number of hydrogen-bond acceptors (Lipinski definition) is 8. The Kier molecular flexibility index (Phi) is 6.42. The van der Waals surface area contributed by atoms with Crippen molar-refractivity contribution in [1.82, 2.24) is 15.4 Å². The Morgan fingerprint density at radius 3 is 2.65 bits per heavy atom. The number of benzene rings is 2. The van der Waals surface area contributed by atoms with Gasteiger partial charge in [0.25, 0.3) is 11.8 Å². The van der Waals surface area contributed by atoms with Gasteiger partial charge in [-0.05, 0) is 31.2 Å². The average molecular weight is 439 g/mol. The molecule has 2 heterocycles. The quantitative estimate of drug-likeness (QED) is 0.278. The molecule has 31 heavy (non-hydrogen) atoms. The minimum atomic E-state index is -0.388. The topological polar surface area (TPSA) is 91.3 Å². The summed E-state index contributed by atoms with van der Waals surface area (Å²) in [5.41, 5.74) is 2.06. The van der Waals surface area contributed by atoms with Gasteiger partial charge in [-0.3, -0.25) is 4.79 Å². The van der Waals surface area contributed by atoms with E-state index in [4.69, 9.17) is 13.7 Å². The smallest absolute Gasteiger partial charge is 0.307 e. The van der Waals surface area contributed by atoms with Crippen molar-refractivity contribution in [2.24, 2.45) is 0 Å². The number of nitrogens with zero attached hydrogens (tertiary/aromatic N) is 3. The monoisotopic (exact) mass is 439 g/mol. The minimum Gasteiger partial charge on any atom is -0.456 e. The van der Waals surface area contributed by atoms with Crippen LogP contribution in [0.4, 0.5) is 4.39 Å². The number of rotatable bonds is 8. The van der Waals surface area contributed by atoms with E-state index in [2.05, 4.69) is 15.4 Å². The van der Waals surface area contributed by atoms with Gasteiger partial charge in [0.05, 0.1) is 6.42 Å². The predicted molar refractivity (Wildman–Crippen MR) is 112 cm³/mol. The lowest BCUT2D eigenvalue weighted by molar-refractivity contribution is -0.145. The van der Waals surface area contributed by atoms with Crippen molar-refractivity contribution in [2.45, 2.75) is 24.8 Å². The van der Waals surface area contributed by atoms with Crippen LogP contribution in [0, 0.1) is 12.7 Å². The molecule has 0 N–H and O–H groups in total. The van der Waals surface area contributed by atoms with Crippen molar-refractivity contribution < 1.29 is 22.9 Å². The highest BCUT2D eigenvalue weighted by Gasteiger charge is 2.22. The van der Waals surface area contributed by atoms with E-state index in [0.29, 0.717) is 22.8 Å². The highest BCUT2D eigenvalue weighted by molar-refractivity contribution is 7.99. The van der Waals surface area contributed by atoms with Gasteiger partial charge in [0, 0.05) is 16.2 Å². The molecule has 0 amide bonds. The fourth-order valence-corrected chi connectivity index (χ4v) is 3.66. The van der Waals surface area contributed by atoms with Gasteiger partial charge >= 0.3 is 5.97 Å². The van der Waals surface area contributed by atoms with Gasteiger partial charge in [-0.15, -0.1) is 22.0 Å². The second kappa shape index (κ2) is 9.57. The Bertz CT molecular complexity index is 1160. The highest BCUT2D eigenvalue weighted by atomic mass is 32.2. The molecule has 4 aromatic rings. The summed E-state index contributed by atoms with van der Waals surface area (Å²) >= 11 is 1.45. The zero-order valence-corrected chi connectivity index (χ0v) is 17.4. The normalized spacial score (nSPS) is 10.9. The standard InChI is InChI=1S/C22H18FN3O4S/c1-14-20(21(26-30-14)15-5-3-2-4-6-15)22-25-24-18(29-22)13-28-19(27)11-12-31-17-9-7-16(23)8-10-17/h2-10H,11-13H2,1H3. The highest BCUT2D eigenvalue weighted by Crippen LogP contribution is 2.33. The molecule has 0 saturated heterocycles. The summed E-state index contributed by atoms with van der Waals surface area (Å²) in [6.45, 7) is 1.63. The number of carbonyl (C=O) groups is 1. The van der Waals surface area contributed by atoms with Crippen molar-refractivity contribution >= 4 is 17.7 Å². The fourth-order valence-electron chi connectivity index (χ4n) is 2.83. The minimum absolute atomic E-state index is 0.127. The number of esters is 1. The lowest BCUT2D eigenvalue weighted by Gasteiger charge is -2.03. The van der Waals surface area contributed by atoms with E-state index in [1.807, 2.05) is 30.3 Å². The van der Waals surface area contributed by atoms with Crippen LogP contribution in [0.15, 0.2) is 68.4 Å². The summed E-state index contributed by atoms with van der Waals surface area (Å²) in [4.78, 5) is 12.9. The SMILES string of the molecule is Cc1onc(-c2ccccc2)c1-c1nnc(COC(=O)CCSc2ccc(F)cc2)o1. The molecule has 0 saturated carbocycles. The number of thioether (sulfide) groups is 1. The van der Waals surface area contributed by atoms with Gasteiger partial charge < -0.3 is 13.7 Å². The molecule has 0 aliphatic heterocycles. The van der Waals surface area contributed by atoms with Crippen LogP contribution < -0.4 is 0 Å².